The summed E-state index contributed by atoms with van der Waals surface area (Å²) in [5.74, 6) is -1.73. The van der Waals surface area contributed by atoms with Gasteiger partial charge >= 0.3 is 5.97 Å². The second-order valence-corrected chi connectivity index (χ2v) is 3.16. The number of carboxylic acids is 1. The van der Waals surface area contributed by atoms with E-state index in [0.717, 1.165) is 0 Å². The van der Waals surface area contributed by atoms with Gasteiger partial charge in [0.25, 0.3) is 5.91 Å². The van der Waals surface area contributed by atoms with Crippen LogP contribution in [0.5, 0.6) is 0 Å². The van der Waals surface area contributed by atoms with Crippen molar-refractivity contribution >= 4 is 11.9 Å². The molecule has 0 aliphatic heterocycles. The highest BCUT2D eigenvalue weighted by atomic mass is 16.5. The molecule has 17 heavy (non-hydrogen) atoms. The average molecular weight is 244 g/mol. The van der Waals surface area contributed by atoms with Crippen LogP contribution in [0.4, 0.5) is 0 Å². The van der Waals surface area contributed by atoms with E-state index in [1.807, 2.05) is 0 Å². The molecule has 8 nitrogen and oxygen atoms in total. The monoisotopic (exact) mass is 244 g/mol. The molecule has 0 saturated heterocycles. The number of nitrogens with zero attached hydrogens (tertiary/aromatic N) is 1. The second kappa shape index (κ2) is 5.97. The molecular weight excluding hydrogens is 232 g/mol. The molecule has 1 heterocycles. The van der Waals surface area contributed by atoms with Gasteiger partial charge < -0.3 is 24.8 Å². The number of carbonyl (C=O) groups excluding carboxylic acids is 1. The predicted octanol–water partition coefficient (Wildman–Crippen LogP) is -1.00. The van der Waals surface area contributed by atoms with Crippen molar-refractivity contribution in [3.63, 3.8) is 0 Å². The van der Waals surface area contributed by atoms with Crippen molar-refractivity contribution in [3.05, 3.63) is 17.5 Å². The summed E-state index contributed by atoms with van der Waals surface area (Å²) in [6.07, 6.45) is 0. The largest absolute Gasteiger partial charge is 0.480 e. The summed E-state index contributed by atoms with van der Waals surface area (Å²) in [6.45, 7) is -0.549. The van der Waals surface area contributed by atoms with Crippen molar-refractivity contribution < 1.29 is 29.1 Å². The number of rotatable bonds is 6. The summed E-state index contributed by atoms with van der Waals surface area (Å²) in [5, 5.41) is 22.9. The third-order valence-corrected chi connectivity index (χ3v) is 1.86. The Morgan fingerprint density at radius 2 is 2.35 bits per heavy atom. The molecule has 0 spiro atoms. The van der Waals surface area contributed by atoms with E-state index in [9.17, 15) is 9.59 Å². The first-order valence-electron chi connectivity index (χ1n) is 4.67. The molecule has 94 valence electrons. The molecule has 1 aromatic heterocycles. The summed E-state index contributed by atoms with van der Waals surface area (Å²) >= 11 is 0. The number of amides is 1. The van der Waals surface area contributed by atoms with Crippen molar-refractivity contribution in [2.24, 2.45) is 0 Å². The van der Waals surface area contributed by atoms with Gasteiger partial charge in [0.15, 0.2) is 17.5 Å². The van der Waals surface area contributed by atoms with Crippen LogP contribution in [0.2, 0.25) is 0 Å². The molecule has 0 unspecified atom stereocenters. The number of ether oxygens (including phenoxy) is 1. The lowest BCUT2D eigenvalue weighted by Gasteiger charge is -2.09. The highest BCUT2D eigenvalue weighted by Gasteiger charge is 2.21. The van der Waals surface area contributed by atoms with Gasteiger partial charge in [-0.05, 0) is 0 Å². The lowest BCUT2D eigenvalue weighted by molar-refractivity contribution is -0.140. The van der Waals surface area contributed by atoms with Crippen molar-refractivity contribution in [2.45, 2.75) is 12.6 Å². The molecule has 0 radical (unpaired) electrons. The minimum Gasteiger partial charge on any atom is -0.480 e. The predicted molar refractivity (Wildman–Crippen MR) is 53.2 cm³/mol. The van der Waals surface area contributed by atoms with Crippen LogP contribution in [0.25, 0.3) is 0 Å². The average Bonchev–Trinajstić information content (AvgIpc) is 2.74. The Morgan fingerprint density at radius 3 is 2.88 bits per heavy atom. The van der Waals surface area contributed by atoms with Gasteiger partial charge in [0, 0.05) is 13.2 Å². The zero-order valence-corrected chi connectivity index (χ0v) is 9.04. The Hall–Kier alpha value is -1.93. The van der Waals surface area contributed by atoms with E-state index in [2.05, 4.69) is 10.5 Å². The summed E-state index contributed by atoms with van der Waals surface area (Å²) < 4.78 is 9.52. The van der Waals surface area contributed by atoms with Crippen molar-refractivity contribution in [2.75, 3.05) is 13.7 Å². The van der Waals surface area contributed by atoms with Crippen LogP contribution in [0.1, 0.15) is 16.2 Å². The number of hydrogen-bond donors (Lipinski definition) is 3. The van der Waals surface area contributed by atoms with Gasteiger partial charge in [-0.2, -0.15) is 0 Å². The number of methoxy groups -OCH3 is 1. The number of hydrogen-bond acceptors (Lipinski definition) is 6. The second-order valence-electron chi connectivity index (χ2n) is 3.16. The van der Waals surface area contributed by atoms with Crippen molar-refractivity contribution in [1.29, 1.82) is 0 Å². The first kappa shape index (κ1) is 13.1. The van der Waals surface area contributed by atoms with Gasteiger partial charge in [0.2, 0.25) is 0 Å². The molecule has 1 amide bonds. The van der Waals surface area contributed by atoms with Gasteiger partial charge in [-0.25, -0.2) is 4.79 Å². The molecule has 3 N–H and O–H groups in total. The van der Waals surface area contributed by atoms with E-state index in [4.69, 9.17) is 19.5 Å². The maximum Gasteiger partial charge on any atom is 0.328 e. The van der Waals surface area contributed by atoms with Crippen LogP contribution in [-0.2, 0) is 16.1 Å². The molecule has 1 aromatic rings. The first-order valence-corrected chi connectivity index (χ1v) is 4.67. The van der Waals surface area contributed by atoms with Gasteiger partial charge in [-0.3, -0.25) is 4.79 Å². The number of aliphatic hydroxyl groups excluding tert-OH is 1. The number of carboxylic acid groups (broad SMARTS) is 1. The van der Waals surface area contributed by atoms with Crippen LogP contribution in [0, 0.1) is 0 Å². The molecule has 0 aromatic carbocycles. The van der Waals surface area contributed by atoms with Gasteiger partial charge in [-0.15, -0.1) is 0 Å². The van der Waals surface area contributed by atoms with Crippen LogP contribution in [0.3, 0.4) is 0 Å². The molecule has 0 aliphatic carbocycles. The van der Waals surface area contributed by atoms with E-state index in [1.54, 1.807) is 0 Å². The normalized spacial score (nSPS) is 12.1. The smallest absolute Gasteiger partial charge is 0.328 e. The van der Waals surface area contributed by atoms with Gasteiger partial charge in [0.05, 0.1) is 6.61 Å². The van der Waals surface area contributed by atoms with E-state index in [0.29, 0.717) is 5.76 Å². The fourth-order valence-electron chi connectivity index (χ4n) is 1.05. The molecule has 0 fully saturated rings. The van der Waals surface area contributed by atoms with E-state index >= 15 is 0 Å². The highest BCUT2D eigenvalue weighted by Crippen LogP contribution is 2.04. The standard InChI is InChI=1S/C9H12N2O6/c1-16-4-5-2-6(11-17-5)8(13)10-7(3-12)9(14)15/h2,7,12H,3-4H2,1H3,(H,10,13)(H,14,15)/t7-/m0/s1. The minimum atomic E-state index is -1.37. The van der Waals surface area contributed by atoms with Crippen LogP contribution < -0.4 is 5.32 Å². The Labute approximate surface area is 96.2 Å². The highest BCUT2D eigenvalue weighted by molar-refractivity contribution is 5.94. The lowest BCUT2D eigenvalue weighted by Crippen LogP contribution is -2.43. The fourth-order valence-corrected chi connectivity index (χ4v) is 1.05. The van der Waals surface area contributed by atoms with Crippen molar-refractivity contribution in [3.8, 4) is 0 Å². The number of aliphatic hydroxyl groups is 1. The first-order chi connectivity index (χ1) is 8.08. The number of carbonyl (C=O) groups is 2. The topological polar surface area (TPSA) is 122 Å². The minimum absolute atomic E-state index is 0.0725. The van der Waals surface area contributed by atoms with E-state index in [1.165, 1.54) is 13.2 Å². The van der Waals surface area contributed by atoms with Gasteiger partial charge in [-0.1, -0.05) is 5.16 Å². The molecular formula is C9H12N2O6. The van der Waals surface area contributed by atoms with Gasteiger partial charge in [0.1, 0.15) is 6.61 Å². The molecule has 8 heteroatoms. The third-order valence-electron chi connectivity index (χ3n) is 1.86. The zero-order valence-electron chi connectivity index (χ0n) is 9.04. The van der Waals surface area contributed by atoms with E-state index in [-0.39, 0.29) is 12.3 Å². The quantitative estimate of drug-likeness (QED) is 0.586. The van der Waals surface area contributed by atoms with Crippen LogP contribution in [-0.4, -0.2) is 47.0 Å². The van der Waals surface area contributed by atoms with Crippen LogP contribution >= 0.6 is 0 Å². The van der Waals surface area contributed by atoms with Crippen LogP contribution in [0.15, 0.2) is 10.6 Å². The number of aliphatic carboxylic acids is 1. The summed E-state index contributed by atoms with van der Waals surface area (Å²) in [6, 6.07) is -0.0418. The Bertz CT molecular complexity index is 402. The zero-order chi connectivity index (χ0) is 12.8. The Balaban J connectivity index is 2.65. The summed E-state index contributed by atoms with van der Waals surface area (Å²) in [5.41, 5.74) is -0.0725. The Morgan fingerprint density at radius 1 is 1.65 bits per heavy atom. The Kier molecular flexibility index (Phi) is 4.61. The molecule has 1 rings (SSSR count). The SMILES string of the molecule is COCc1cc(C(=O)N[C@@H](CO)C(=O)O)no1. The fraction of sp³-hybridized carbons (Fsp3) is 0.444. The summed E-state index contributed by atoms with van der Waals surface area (Å²) in [7, 11) is 1.45. The maximum atomic E-state index is 11.5. The maximum absolute atomic E-state index is 11.5. The molecule has 0 saturated carbocycles. The molecule has 0 bridgehead atoms. The van der Waals surface area contributed by atoms with E-state index < -0.39 is 24.5 Å². The molecule has 0 aliphatic rings. The lowest BCUT2D eigenvalue weighted by atomic mass is 10.3. The summed E-state index contributed by atoms with van der Waals surface area (Å²) in [4.78, 5) is 22.1. The number of aromatic nitrogens is 1. The van der Waals surface area contributed by atoms with Crippen molar-refractivity contribution in [1.82, 2.24) is 10.5 Å². The number of nitrogens with one attached hydrogen (secondary N) is 1. The molecule has 1 atom stereocenters. The third kappa shape index (κ3) is 3.54.